The van der Waals surface area contributed by atoms with Crippen LogP contribution in [0.4, 0.5) is 4.39 Å². The smallest absolute Gasteiger partial charge is 0.253 e. The number of amides is 1. The summed E-state index contributed by atoms with van der Waals surface area (Å²) in [6, 6.07) is 4.81. The number of hydrogen-bond donors (Lipinski definition) is 1. The fraction of sp³-hybridized carbons (Fsp3) is 0.562. The summed E-state index contributed by atoms with van der Waals surface area (Å²) in [5, 5.41) is 3.30. The second kappa shape index (κ2) is 6.84. The summed E-state index contributed by atoms with van der Waals surface area (Å²) in [5.74, 6) is -0.0311. The highest BCUT2D eigenvalue weighted by Crippen LogP contribution is 2.27. The van der Waals surface area contributed by atoms with Gasteiger partial charge in [0.25, 0.3) is 5.91 Å². The van der Waals surface area contributed by atoms with Gasteiger partial charge >= 0.3 is 0 Å². The first-order valence-electron chi connectivity index (χ1n) is 7.46. The summed E-state index contributed by atoms with van der Waals surface area (Å²) in [7, 11) is 0. The number of nitrogens with zero attached hydrogens (tertiary/aromatic N) is 1. The molecule has 1 fully saturated rings. The van der Waals surface area contributed by atoms with Gasteiger partial charge in [0, 0.05) is 18.7 Å². The molecule has 0 radical (unpaired) electrons. The Bertz CT molecular complexity index is 466. The minimum atomic E-state index is -0.309. The van der Waals surface area contributed by atoms with E-state index in [0.717, 1.165) is 31.5 Å². The highest BCUT2D eigenvalue weighted by Gasteiger charge is 2.19. The van der Waals surface area contributed by atoms with Crippen molar-refractivity contribution in [2.45, 2.75) is 32.6 Å². The Morgan fingerprint density at radius 1 is 1.25 bits per heavy atom. The molecule has 0 saturated carbocycles. The molecule has 3 nitrogen and oxygen atoms in total. The number of nitrogens with one attached hydrogen (secondary N) is 1. The fourth-order valence-electron chi connectivity index (χ4n) is 2.82. The summed E-state index contributed by atoms with van der Waals surface area (Å²) in [5.41, 5.74) is 1.43. The van der Waals surface area contributed by atoms with E-state index in [2.05, 4.69) is 5.32 Å². The van der Waals surface area contributed by atoms with Crippen molar-refractivity contribution < 1.29 is 9.18 Å². The van der Waals surface area contributed by atoms with Gasteiger partial charge in [-0.3, -0.25) is 4.79 Å². The van der Waals surface area contributed by atoms with Crippen molar-refractivity contribution in [3.8, 4) is 0 Å². The maximum Gasteiger partial charge on any atom is 0.253 e. The van der Waals surface area contributed by atoms with E-state index in [0.29, 0.717) is 24.6 Å². The molecule has 1 saturated heterocycles. The molecule has 0 unspecified atom stereocenters. The van der Waals surface area contributed by atoms with Gasteiger partial charge in [-0.1, -0.05) is 0 Å². The van der Waals surface area contributed by atoms with Crippen molar-refractivity contribution >= 4 is 5.91 Å². The monoisotopic (exact) mass is 278 g/mol. The molecule has 0 aromatic heterocycles. The van der Waals surface area contributed by atoms with Crippen LogP contribution >= 0.6 is 0 Å². The number of carbonyl (C=O) groups excluding carboxylic acids is 1. The van der Waals surface area contributed by atoms with Crippen LogP contribution in [0, 0.1) is 5.82 Å². The fourth-order valence-corrected chi connectivity index (χ4v) is 2.82. The van der Waals surface area contributed by atoms with Crippen molar-refractivity contribution in [3.63, 3.8) is 0 Å². The van der Waals surface area contributed by atoms with Gasteiger partial charge in [0.05, 0.1) is 0 Å². The first kappa shape index (κ1) is 15.0. The van der Waals surface area contributed by atoms with Crippen LogP contribution in [0.15, 0.2) is 18.2 Å². The predicted molar refractivity (Wildman–Crippen MR) is 78.5 cm³/mol. The average molecular weight is 278 g/mol. The molecule has 20 heavy (non-hydrogen) atoms. The second-order valence-electron chi connectivity index (χ2n) is 5.27. The van der Waals surface area contributed by atoms with E-state index in [4.69, 9.17) is 0 Å². The number of carbonyl (C=O) groups is 1. The molecule has 1 aliphatic heterocycles. The molecule has 1 amide bonds. The summed E-state index contributed by atoms with van der Waals surface area (Å²) in [4.78, 5) is 14.1. The highest BCUT2D eigenvalue weighted by molar-refractivity contribution is 5.94. The normalized spacial score (nSPS) is 16.1. The van der Waals surface area contributed by atoms with Crippen molar-refractivity contribution in [1.29, 1.82) is 0 Å². The first-order valence-corrected chi connectivity index (χ1v) is 7.46. The van der Waals surface area contributed by atoms with Crippen LogP contribution in [-0.2, 0) is 0 Å². The highest BCUT2D eigenvalue weighted by atomic mass is 19.1. The molecule has 1 aliphatic rings. The van der Waals surface area contributed by atoms with Gasteiger partial charge in [-0.15, -0.1) is 0 Å². The maximum atomic E-state index is 13.8. The molecule has 1 heterocycles. The third-order valence-electron chi connectivity index (χ3n) is 4.03. The van der Waals surface area contributed by atoms with Crippen LogP contribution in [0.3, 0.4) is 0 Å². The van der Waals surface area contributed by atoms with Crippen LogP contribution in [0.25, 0.3) is 0 Å². The Hall–Kier alpha value is -1.42. The standard InChI is InChI=1S/C16H23FN2O/c1-3-19(4-2)16(20)14-9-13(10-15(17)11-14)12-5-7-18-8-6-12/h9-12,18H,3-8H2,1-2H3. The lowest BCUT2D eigenvalue weighted by Crippen LogP contribution is -2.31. The van der Waals surface area contributed by atoms with Crippen LogP contribution < -0.4 is 5.32 Å². The summed E-state index contributed by atoms with van der Waals surface area (Å²) >= 11 is 0. The SMILES string of the molecule is CCN(CC)C(=O)c1cc(F)cc(C2CCNCC2)c1. The Balaban J connectivity index is 2.25. The van der Waals surface area contributed by atoms with Crippen molar-refractivity contribution in [2.24, 2.45) is 0 Å². The number of hydrogen-bond acceptors (Lipinski definition) is 2. The predicted octanol–water partition coefficient (Wildman–Crippen LogP) is 2.77. The first-order chi connectivity index (χ1) is 9.65. The minimum absolute atomic E-state index is 0.0790. The van der Waals surface area contributed by atoms with Gasteiger partial charge in [-0.25, -0.2) is 4.39 Å². The molecule has 4 heteroatoms. The van der Waals surface area contributed by atoms with Gasteiger partial charge in [0.2, 0.25) is 0 Å². The zero-order valence-corrected chi connectivity index (χ0v) is 12.3. The van der Waals surface area contributed by atoms with Gasteiger partial charge in [0.15, 0.2) is 0 Å². The molecule has 0 atom stereocenters. The average Bonchev–Trinajstić information content (AvgIpc) is 2.48. The summed E-state index contributed by atoms with van der Waals surface area (Å²) in [6.07, 6.45) is 2.00. The van der Waals surface area contributed by atoms with Crippen LogP contribution in [-0.4, -0.2) is 37.0 Å². The summed E-state index contributed by atoms with van der Waals surface area (Å²) in [6.45, 7) is 7.09. The van der Waals surface area contributed by atoms with Gasteiger partial charge in [-0.05, 0) is 69.5 Å². The number of piperidine rings is 1. The third-order valence-corrected chi connectivity index (χ3v) is 4.03. The van der Waals surface area contributed by atoms with Crippen LogP contribution in [0.2, 0.25) is 0 Å². The Morgan fingerprint density at radius 3 is 2.50 bits per heavy atom. The molecule has 0 bridgehead atoms. The van der Waals surface area contributed by atoms with Crippen molar-refractivity contribution in [1.82, 2.24) is 10.2 Å². The Labute approximate surface area is 120 Å². The molecule has 1 aromatic rings. The third kappa shape index (κ3) is 3.37. The lowest BCUT2D eigenvalue weighted by molar-refractivity contribution is 0.0772. The van der Waals surface area contributed by atoms with Gasteiger partial charge in [0.1, 0.15) is 5.82 Å². The van der Waals surface area contributed by atoms with Gasteiger partial charge < -0.3 is 10.2 Å². The second-order valence-corrected chi connectivity index (χ2v) is 5.27. The minimum Gasteiger partial charge on any atom is -0.339 e. The zero-order chi connectivity index (χ0) is 14.5. The molecular weight excluding hydrogens is 255 g/mol. The molecule has 0 aliphatic carbocycles. The largest absolute Gasteiger partial charge is 0.339 e. The molecule has 0 spiro atoms. The maximum absolute atomic E-state index is 13.8. The zero-order valence-electron chi connectivity index (χ0n) is 12.3. The number of benzene rings is 1. The Morgan fingerprint density at radius 2 is 1.90 bits per heavy atom. The van der Waals surface area contributed by atoms with E-state index in [9.17, 15) is 9.18 Å². The van der Waals surface area contributed by atoms with E-state index < -0.39 is 0 Å². The topological polar surface area (TPSA) is 32.3 Å². The van der Waals surface area contributed by atoms with Crippen LogP contribution in [0.1, 0.15) is 48.5 Å². The van der Waals surface area contributed by atoms with E-state index >= 15 is 0 Å². The molecule has 1 aromatic carbocycles. The van der Waals surface area contributed by atoms with E-state index in [1.165, 1.54) is 6.07 Å². The van der Waals surface area contributed by atoms with Crippen molar-refractivity contribution in [3.05, 3.63) is 35.1 Å². The van der Waals surface area contributed by atoms with E-state index in [1.54, 1.807) is 11.0 Å². The van der Waals surface area contributed by atoms with Crippen LogP contribution in [0.5, 0.6) is 0 Å². The molecule has 2 rings (SSSR count). The van der Waals surface area contributed by atoms with E-state index in [-0.39, 0.29) is 11.7 Å². The lowest BCUT2D eigenvalue weighted by atomic mass is 9.89. The van der Waals surface area contributed by atoms with E-state index in [1.807, 2.05) is 19.9 Å². The quantitative estimate of drug-likeness (QED) is 0.918. The lowest BCUT2D eigenvalue weighted by Gasteiger charge is -2.24. The molecular formula is C16H23FN2O. The number of halogens is 1. The number of rotatable bonds is 4. The van der Waals surface area contributed by atoms with Crippen molar-refractivity contribution in [2.75, 3.05) is 26.2 Å². The molecule has 1 N–H and O–H groups in total. The summed E-state index contributed by atoms with van der Waals surface area (Å²) < 4.78 is 13.8. The molecule has 110 valence electrons. The van der Waals surface area contributed by atoms with Gasteiger partial charge in [-0.2, -0.15) is 0 Å². The Kier molecular flexibility index (Phi) is 5.12.